The molecule has 1 aliphatic rings. The van der Waals surface area contributed by atoms with Crippen LogP contribution < -0.4 is 5.73 Å². The minimum absolute atomic E-state index is 0.363. The maximum atomic E-state index is 5.72. The van der Waals surface area contributed by atoms with Crippen LogP contribution in [0, 0.1) is 0 Å². The first kappa shape index (κ1) is 8.97. The lowest BCUT2D eigenvalue weighted by Gasteiger charge is -2.10. The molecule has 0 aromatic rings. The number of nitrogens with two attached hydrogens (primary N) is 1. The molecule has 1 fully saturated rings. The summed E-state index contributed by atoms with van der Waals surface area (Å²) in [7, 11) is 1.68. The van der Waals surface area contributed by atoms with Crippen LogP contribution in [-0.2, 0) is 9.47 Å². The largest absolute Gasteiger partial charge is 0.382 e. The summed E-state index contributed by atoms with van der Waals surface area (Å²) >= 11 is 0. The van der Waals surface area contributed by atoms with E-state index < -0.39 is 0 Å². The van der Waals surface area contributed by atoms with Crippen LogP contribution in [0.2, 0.25) is 0 Å². The Balaban J connectivity index is 1.99. The lowest BCUT2D eigenvalue weighted by molar-refractivity contribution is 0.0205. The van der Waals surface area contributed by atoms with Crippen LogP contribution >= 0.6 is 0 Å². The minimum Gasteiger partial charge on any atom is -0.382 e. The number of ether oxygens (including phenoxy) is 2. The van der Waals surface area contributed by atoms with Gasteiger partial charge in [-0.2, -0.15) is 0 Å². The third kappa shape index (κ3) is 3.18. The maximum Gasteiger partial charge on any atom is 0.0704 e. The van der Waals surface area contributed by atoms with Crippen LogP contribution in [0.25, 0.3) is 0 Å². The monoisotopic (exact) mass is 159 g/mol. The highest BCUT2D eigenvalue weighted by Crippen LogP contribution is 2.19. The zero-order valence-corrected chi connectivity index (χ0v) is 7.08. The molecule has 0 aliphatic heterocycles. The fourth-order valence-electron chi connectivity index (χ4n) is 1.42. The maximum absolute atomic E-state index is 5.72. The molecule has 0 spiro atoms. The first-order chi connectivity index (χ1) is 5.33. The Morgan fingerprint density at radius 2 is 2.18 bits per heavy atom. The van der Waals surface area contributed by atoms with Gasteiger partial charge in [-0.3, -0.25) is 0 Å². The van der Waals surface area contributed by atoms with Crippen LogP contribution in [-0.4, -0.2) is 32.5 Å². The van der Waals surface area contributed by atoms with Crippen molar-refractivity contribution in [3.63, 3.8) is 0 Å². The van der Waals surface area contributed by atoms with Crippen LogP contribution in [0.4, 0.5) is 0 Å². The SMILES string of the molecule is COCCOC1CC[C@@H](N)C1. The molecule has 0 aromatic carbocycles. The number of methoxy groups -OCH3 is 1. The third-order valence-electron chi connectivity index (χ3n) is 2.07. The van der Waals surface area contributed by atoms with Crippen molar-refractivity contribution in [2.45, 2.75) is 31.4 Å². The first-order valence-electron chi connectivity index (χ1n) is 4.19. The van der Waals surface area contributed by atoms with Crippen LogP contribution in [0.1, 0.15) is 19.3 Å². The number of hydrogen-bond acceptors (Lipinski definition) is 3. The minimum atomic E-state index is 0.363. The quantitative estimate of drug-likeness (QED) is 0.608. The molecule has 1 aliphatic carbocycles. The van der Waals surface area contributed by atoms with Crippen molar-refractivity contribution in [1.82, 2.24) is 0 Å². The topological polar surface area (TPSA) is 44.5 Å². The van der Waals surface area contributed by atoms with Gasteiger partial charge in [0.2, 0.25) is 0 Å². The van der Waals surface area contributed by atoms with Crippen LogP contribution in [0.5, 0.6) is 0 Å². The standard InChI is InChI=1S/C8H17NO2/c1-10-4-5-11-8-3-2-7(9)6-8/h7-8H,2-6,9H2,1H3/t7-,8?/m1/s1. The van der Waals surface area contributed by atoms with Gasteiger partial charge < -0.3 is 15.2 Å². The zero-order chi connectivity index (χ0) is 8.10. The second-order valence-corrected chi connectivity index (χ2v) is 3.06. The summed E-state index contributed by atoms with van der Waals surface area (Å²) in [4.78, 5) is 0. The normalized spacial score (nSPS) is 31.1. The molecule has 1 rings (SSSR count). The van der Waals surface area contributed by atoms with E-state index in [1.807, 2.05) is 0 Å². The van der Waals surface area contributed by atoms with Gasteiger partial charge in [-0.05, 0) is 19.3 Å². The number of rotatable bonds is 4. The van der Waals surface area contributed by atoms with Gasteiger partial charge in [-0.25, -0.2) is 0 Å². The smallest absolute Gasteiger partial charge is 0.0704 e. The molecule has 0 saturated heterocycles. The highest BCUT2D eigenvalue weighted by molar-refractivity contribution is 4.77. The Morgan fingerprint density at radius 3 is 2.73 bits per heavy atom. The molecular weight excluding hydrogens is 142 g/mol. The fraction of sp³-hybridized carbons (Fsp3) is 1.00. The van der Waals surface area contributed by atoms with E-state index in [0.29, 0.717) is 25.4 Å². The molecule has 3 heteroatoms. The second-order valence-electron chi connectivity index (χ2n) is 3.06. The van der Waals surface area contributed by atoms with Crippen molar-refractivity contribution < 1.29 is 9.47 Å². The Kier molecular flexibility index (Phi) is 3.83. The van der Waals surface area contributed by atoms with Crippen molar-refractivity contribution in [2.75, 3.05) is 20.3 Å². The van der Waals surface area contributed by atoms with Crippen LogP contribution in [0.15, 0.2) is 0 Å². The van der Waals surface area contributed by atoms with Crippen LogP contribution in [0.3, 0.4) is 0 Å². The van der Waals surface area contributed by atoms with Gasteiger partial charge >= 0.3 is 0 Å². The fourth-order valence-corrected chi connectivity index (χ4v) is 1.42. The van der Waals surface area contributed by atoms with E-state index in [2.05, 4.69) is 0 Å². The van der Waals surface area contributed by atoms with E-state index in [-0.39, 0.29) is 0 Å². The van der Waals surface area contributed by atoms with Crippen molar-refractivity contribution in [3.8, 4) is 0 Å². The summed E-state index contributed by atoms with van der Waals surface area (Å²) in [5, 5.41) is 0. The molecule has 0 amide bonds. The average Bonchev–Trinajstić information content (AvgIpc) is 2.37. The lowest BCUT2D eigenvalue weighted by Crippen LogP contribution is -2.18. The molecule has 66 valence electrons. The van der Waals surface area contributed by atoms with Crippen molar-refractivity contribution in [1.29, 1.82) is 0 Å². The van der Waals surface area contributed by atoms with Gasteiger partial charge in [0.05, 0.1) is 19.3 Å². The van der Waals surface area contributed by atoms with E-state index in [1.54, 1.807) is 7.11 Å². The van der Waals surface area contributed by atoms with E-state index in [4.69, 9.17) is 15.2 Å². The third-order valence-corrected chi connectivity index (χ3v) is 2.07. The zero-order valence-electron chi connectivity index (χ0n) is 7.08. The van der Waals surface area contributed by atoms with Gasteiger partial charge in [0.1, 0.15) is 0 Å². The Bertz CT molecular complexity index is 108. The van der Waals surface area contributed by atoms with Gasteiger partial charge in [-0.15, -0.1) is 0 Å². The molecule has 1 saturated carbocycles. The molecule has 2 N–H and O–H groups in total. The molecular formula is C8H17NO2. The molecule has 0 radical (unpaired) electrons. The highest BCUT2D eigenvalue weighted by atomic mass is 16.5. The van der Waals surface area contributed by atoms with E-state index in [1.165, 1.54) is 0 Å². The summed E-state index contributed by atoms with van der Waals surface area (Å²) in [5.41, 5.74) is 5.72. The first-order valence-corrected chi connectivity index (χ1v) is 4.19. The van der Waals surface area contributed by atoms with Crippen molar-refractivity contribution in [2.24, 2.45) is 5.73 Å². The molecule has 0 bridgehead atoms. The summed E-state index contributed by atoms with van der Waals surface area (Å²) in [6.45, 7) is 1.39. The van der Waals surface area contributed by atoms with Gasteiger partial charge in [-0.1, -0.05) is 0 Å². The summed E-state index contributed by atoms with van der Waals surface area (Å²) in [6, 6.07) is 0.363. The Labute approximate surface area is 67.9 Å². The second kappa shape index (κ2) is 4.70. The summed E-state index contributed by atoms with van der Waals surface area (Å²) < 4.78 is 10.4. The van der Waals surface area contributed by atoms with Gasteiger partial charge in [0.25, 0.3) is 0 Å². The summed E-state index contributed by atoms with van der Waals surface area (Å²) in [6.07, 6.45) is 3.63. The molecule has 1 unspecified atom stereocenters. The van der Waals surface area contributed by atoms with Crippen molar-refractivity contribution in [3.05, 3.63) is 0 Å². The van der Waals surface area contributed by atoms with Crippen molar-refractivity contribution >= 4 is 0 Å². The van der Waals surface area contributed by atoms with E-state index >= 15 is 0 Å². The molecule has 2 atom stereocenters. The van der Waals surface area contributed by atoms with E-state index in [0.717, 1.165) is 19.3 Å². The van der Waals surface area contributed by atoms with E-state index in [9.17, 15) is 0 Å². The van der Waals surface area contributed by atoms with Gasteiger partial charge in [0.15, 0.2) is 0 Å². The lowest BCUT2D eigenvalue weighted by atomic mass is 10.3. The molecule has 3 nitrogen and oxygen atoms in total. The molecule has 11 heavy (non-hydrogen) atoms. The molecule has 0 aromatic heterocycles. The molecule has 0 heterocycles. The predicted octanol–water partition coefficient (Wildman–Crippen LogP) is 0.529. The highest BCUT2D eigenvalue weighted by Gasteiger charge is 2.21. The average molecular weight is 159 g/mol. The number of hydrogen-bond donors (Lipinski definition) is 1. The Hall–Kier alpha value is -0.120. The Morgan fingerprint density at radius 1 is 1.36 bits per heavy atom. The van der Waals surface area contributed by atoms with Gasteiger partial charge in [0, 0.05) is 13.2 Å². The predicted molar refractivity (Wildman–Crippen MR) is 43.4 cm³/mol. The summed E-state index contributed by atoms with van der Waals surface area (Å²) in [5.74, 6) is 0.